The Morgan fingerprint density at radius 2 is 1.75 bits per heavy atom. The number of benzene rings is 1. The quantitative estimate of drug-likeness (QED) is 0.766. The summed E-state index contributed by atoms with van der Waals surface area (Å²) in [5.74, 6) is 0.133. The lowest BCUT2D eigenvalue weighted by Gasteiger charge is -2.33. The number of ketones is 1. The van der Waals surface area contributed by atoms with Gasteiger partial charge in [-0.15, -0.1) is 0 Å². The van der Waals surface area contributed by atoms with E-state index >= 15 is 0 Å². The molecule has 0 aliphatic carbocycles. The number of rotatable bonds is 3. The zero-order chi connectivity index (χ0) is 14.5. The summed E-state index contributed by atoms with van der Waals surface area (Å²) in [6.07, 6.45) is 0. The molecular weight excluding hydrogens is 254 g/mol. The number of Topliss-reactive ketones (excluding diaryl/α,β-unsaturated/α-hetero) is 1. The highest BCUT2D eigenvalue weighted by Crippen LogP contribution is 2.07. The van der Waals surface area contributed by atoms with Gasteiger partial charge in [0.25, 0.3) is 0 Å². The van der Waals surface area contributed by atoms with Gasteiger partial charge in [-0.05, 0) is 12.1 Å². The molecule has 1 amide bonds. The fraction of sp³-hybridized carbons (Fsp3) is 0.400. The number of nitriles is 1. The second kappa shape index (κ2) is 6.31. The van der Waals surface area contributed by atoms with Gasteiger partial charge in [0, 0.05) is 38.7 Å². The van der Waals surface area contributed by atoms with Gasteiger partial charge in [0.15, 0.2) is 5.78 Å². The molecule has 1 aliphatic rings. The summed E-state index contributed by atoms with van der Waals surface area (Å²) in [6, 6.07) is 8.71. The van der Waals surface area contributed by atoms with E-state index in [2.05, 4.69) is 4.90 Å². The Labute approximate surface area is 118 Å². The highest BCUT2D eigenvalue weighted by molar-refractivity contribution is 5.97. The first-order chi connectivity index (χ1) is 9.60. The lowest BCUT2D eigenvalue weighted by atomic mass is 10.1. The molecule has 5 nitrogen and oxygen atoms in total. The molecule has 1 aromatic carbocycles. The first-order valence-electron chi connectivity index (χ1n) is 6.61. The third-order valence-corrected chi connectivity index (χ3v) is 3.52. The Hall–Kier alpha value is -2.19. The van der Waals surface area contributed by atoms with Gasteiger partial charge < -0.3 is 4.90 Å². The maximum absolute atomic E-state index is 12.1. The fourth-order valence-corrected chi connectivity index (χ4v) is 2.25. The molecule has 0 spiro atoms. The minimum atomic E-state index is 0.0470. The predicted molar refractivity (Wildman–Crippen MR) is 74.2 cm³/mol. The lowest BCUT2D eigenvalue weighted by molar-refractivity contribution is -0.130. The van der Waals surface area contributed by atoms with Crippen LogP contribution in [0, 0.1) is 11.3 Å². The molecule has 0 N–H and O–H groups in total. The van der Waals surface area contributed by atoms with Crippen molar-refractivity contribution in [1.29, 1.82) is 5.26 Å². The Balaban J connectivity index is 1.89. The molecule has 1 fully saturated rings. The minimum Gasteiger partial charge on any atom is -0.340 e. The Morgan fingerprint density at radius 3 is 2.25 bits per heavy atom. The molecule has 20 heavy (non-hydrogen) atoms. The third kappa shape index (κ3) is 3.43. The zero-order valence-corrected chi connectivity index (χ0v) is 11.5. The summed E-state index contributed by atoms with van der Waals surface area (Å²) in [5.41, 5.74) is 1.18. The largest absolute Gasteiger partial charge is 0.340 e. The van der Waals surface area contributed by atoms with Gasteiger partial charge in [0.05, 0.1) is 18.2 Å². The molecule has 1 aromatic rings. The van der Waals surface area contributed by atoms with Gasteiger partial charge in [0.1, 0.15) is 0 Å². The van der Waals surface area contributed by atoms with Crippen molar-refractivity contribution >= 4 is 11.7 Å². The van der Waals surface area contributed by atoms with Crippen molar-refractivity contribution in [1.82, 2.24) is 9.80 Å². The van der Waals surface area contributed by atoms with E-state index < -0.39 is 0 Å². The molecule has 0 atom stereocenters. The van der Waals surface area contributed by atoms with E-state index in [4.69, 9.17) is 5.26 Å². The van der Waals surface area contributed by atoms with Gasteiger partial charge >= 0.3 is 0 Å². The van der Waals surface area contributed by atoms with Crippen molar-refractivity contribution in [2.24, 2.45) is 0 Å². The SMILES string of the molecule is CC(=O)N1CCN(CC(=O)c2ccc(C#N)cc2)CC1. The monoisotopic (exact) mass is 271 g/mol. The van der Waals surface area contributed by atoms with Crippen LogP contribution in [0.3, 0.4) is 0 Å². The summed E-state index contributed by atoms with van der Waals surface area (Å²) < 4.78 is 0. The molecule has 104 valence electrons. The van der Waals surface area contributed by atoms with Crippen LogP contribution in [-0.2, 0) is 4.79 Å². The molecule has 0 radical (unpaired) electrons. The van der Waals surface area contributed by atoms with Gasteiger partial charge in [-0.2, -0.15) is 5.26 Å². The number of hydrogen-bond donors (Lipinski definition) is 0. The van der Waals surface area contributed by atoms with Crippen LogP contribution in [0.15, 0.2) is 24.3 Å². The van der Waals surface area contributed by atoms with Crippen LogP contribution < -0.4 is 0 Å². The third-order valence-electron chi connectivity index (χ3n) is 3.52. The molecule has 5 heteroatoms. The van der Waals surface area contributed by atoms with E-state index in [0.29, 0.717) is 30.8 Å². The molecule has 2 rings (SSSR count). The summed E-state index contributed by atoms with van der Waals surface area (Å²) in [6.45, 7) is 4.73. The summed E-state index contributed by atoms with van der Waals surface area (Å²) >= 11 is 0. The first-order valence-corrected chi connectivity index (χ1v) is 6.61. The Bertz CT molecular complexity index is 537. The minimum absolute atomic E-state index is 0.0470. The van der Waals surface area contributed by atoms with Crippen molar-refractivity contribution in [2.45, 2.75) is 6.92 Å². The number of nitrogens with zero attached hydrogens (tertiary/aromatic N) is 3. The molecule has 0 aromatic heterocycles. The van der Waals surface area contributed by atoms with E-state index in [1.165, 1.54) is 0 Å². The Morgan fingerprint density at radius 1 is 1.15 bits per heavy atom. The first kappa shape index (κ1) is 14.2. The van der Waals surface area contributed by atoms with Crippen LogP contribution in [0.4, 0.5) is 0 Å². The zero-order valence-electron chi connectivity index (χ0n) is 11.5. The normalized spacial score (nSPS) is 15.7. The maximum Gasteiger partial charge on any atom is 0.219 e. The number of hydrogen-bond acceptors (Lipinski definition) is 4. The van der Waals surface area contributed by atoms with Gasteiger partial charge in [0.2, 0.25) is 5.91 Å². The Kier molecular flexibility index (Phi) is 4.49. The molecule has 0 saturated carbocycles. The van der Waals surface area contributed by atoms with Crippen molar-refractivity contribution in [3.8, 4) is 6.07 Å². The molecular formula is C15H17N3O2. The topological polar surface area (TPSA) is 64.4 Å². The molecule has 1 aliphatic heterocycles. The number of carbonyl (C=O) groups is 2. The van der Waals surface area contributed by atoms with Crippen LogP contribution in [0.2, 0.25) is 0 Å². The average Bonchev–Trinajstić information content (AvgIpc) is 2.48. The van der Waals surface area contributed by atoms with Gasteiger partial charge in [-0.1, -0.05) is 12.1 Å². The van der Waals surface area contributed by atoms with Crippen LogP contribution in [0.1, 0.15) is 22.8 Å². The molecule has 1 saturated heterocycles. The summed E-state index contributed by atoms with van der Waals surface area (Å²) in [4.78, 5) is 27.2. The van der Waals surface area contributed by atoms with E-state index in [1.807, 2.05) is 6.07 Å². The highest BCUT2D eigenvalue weighted by atomic mass is 16.2. The van der Waals surface area contributed by atoms with E-state index in [9.17, 15) is 9.59 Å². The summed E-state index contributed by atoms with van der Waals surface area (Å²) in [5, 5.41) is 8.72. The number of carbonyl (C=O) groups excluding carboxylic acids is 2. The fourth-order valence-electron chi connectivity index (χ4n) is 2.25. The van der Waals surface area contributed by atoms with Crippen LogP contribution in [0.5, 0.6) is 0 Å². The smallest absolute Gasteiger partial charge is 0.219 e. The van der Waals surface area contributed by atoms with E-state index in [1.54, 1.807) is 36.1 Å². The van der Waals surface area contributed by atoms with Crippen molar-refractivity contribution in [2.75, 3.05) is 32.7 Å². The standard InChI is InChI=1S/C15H17N3O2/c1-12(19)18-8-6-17(7-9-18)11-15(20)14-4-2-13(10-16)3-5-14/h2-5H,6-9,11H2,1H3. The second-order valence-corrected chi connectivity index (χ2v) is 4.89. The van der Waals surface area contributed by atoms with Gasteiger partial charge in [-0.25, -0.2) is 0 Å². The summed E-state index contributed by atoms with van der Waals surface area (Å²) in [7, 11) is 0. The second-order valence-electron chi connectivity index (χ2n) is 4.89. The molecule has 0 bridgehead atoms. The highest BCUT2D eigenvalue weighted by Gasteiger charge is 2.20. The van der Waals surface area contributed by atoms with E-state index in [-0.39, 0.29) is 11.7 Å². The van der Waals surface area contributed by atoms with E-state index in [0.717, 1.165) is 13.1 Å². The average molecular weight is 271 g/mol. The van der Waals surface area contributed by atoms with Gasteiger partial charge in [-0.3, -0.25) is 14.5 Å². The number of piperazine rings is 1. The van der Waals surface area contributed by atoms with Crippen molar-refractivity contribution < 1.29 is 9.59 Å². The molecule has 0 unspecified atom stereocenters. The lowest BCUT2D eigenvalue weighted by Crippen LogP contribution is -2.49. The molecule has 1 heterocycles. The predicted octanol–water partition coefficient (Wildman–Crippen LogP) is 0.905. The number of amides is 1. The maximum atomic E-state index is 12.1. The van der Waals surface area contributed by atoms with Crippen molar-refractivity contribution in [3.05, 3.63) is 35.4 Å². The van der Waals surface area contributed by atoms with Crippen LogP contribution in [0.25, 0.3) is 0 Å². The van der Waals surface area contributed by atoms with Crippen LogP contribution >= 0.6 is 0 Å². The van der Waals surface area contributed by atoms with Crippen molar-refractivity contribution in [3.63, 3.8) is 0 Å². The van der Waals surface area contributed by atoms with Crippen LogP contribution in [-0.4, -0.2) is 54.2 Å².